The minimum Gasteiger partial charge on any atom is -0.303 e. The number of hydrogen-bond acceptors (Lipinski definition) is 5. The van der Waals surface area contributed by atoms with E-state index in [4.69, 9.17) is 0 Å². The molecule has 2 rings (SSSR count). The Bertz CT molecular complexity index is 564. The predicted molar refractivity (Wildman–Crippen MR) is 69.4 cm³/mol. The zero-order valence-corrected chi connectivity index (χ0v) is 10.8. The molecule has 1 N–H and O–H groups in total. The van der Waals surface area contributed by atoms with Gasteiger partial charge in [-0.1, -0.05) is 12.1 Å². The van der Waals surface area contributed by atoms with Gasteiger partial charge in [0.25, 0.3) is 5.69 Å². The summed E-state index contributed by atoms with van der Waals surface area (Å²) in [6.45, 7) is 2.54. The minimum absolute atomic E-state index is 0.0737. The average molecular weight is 261 g/mol. The Hall–Kier alpha value is -2.28. The van der Waals surface area contributed by atoms with Crippen LogP contribution in [0.5, 0.6) is 0 Å². The van der Waals surface area contributed by atoms with Gasteiger partial charge in [-0.15, -0.1) is 0 Å². The van der Waals surface area contributed by atoms with E-state index >= 15 is 0 Å². The van der Waals surface area contributed by atoms with Crippen LogP contribution in [0.1, 0.15) is 24.4 Å². The molecule has 7 nitrogen and oxygen atoms in total. The fourth-order valence-corrected chi connectivity index (χ4v) is 1.71. The van der Waals surface area contributed by atoms with Crippen LogP contribution in [0.25, 0.3) is 0 Å². The molecule has 2 aromatic rings. The smallest absolute Gasteiger partial charge is 0.269 e. The number of hydrogen-bond donors (Lipinski definition) is 1. The lowest BCUT2D eigenvalue weighted by molar-refractivity contribution is -0.384. The van der Waals surface area contributed by atoms with E-state index in [0.717, 1.165) is 11.4 Å². The first-order valence-corrected chi connectivity index (χ1v) is 5.88. The molecular formula is C12H15N5O2. The second-order valence-corrected chi connectivity index (χ2v) is 4.29. The summed E-state index contributed by atoms with van der Waals surface area (Å²) in [7, 11) is 1.82. The van der Waals surface area contributed by atoms with Gasteiger partial charge in [0, 0.05) is 25.2 Å². The van der Waals surface area contributed by atoms with Crippen LogP contribution >= 0.6 is 0 Å². The minimum atomic E-state index is -0.403. The SMILES string of the molecule is CC(NCc1ncn(C)n1)c1ccc([N+](=O)[O-])cc1. The predicted octanol–water partition coefficient (Wildman–Crippen LogP) is 1.57. The monoisotopic (exact) mass is 261 g/mol. The van der Waals surface area contributed by atoms with Crippen molar-refractivity contribution in [3.8, 4) is 0 Å². The van der Waals surface area contributed by atoms with E-state index in [2.05, 4.69) is 15.4 Å². The lowest BCUT2D eigenvalue weighted by Gasteiger charge is -2.12. The molecule has 0 saturated carbocycles. The van der Waals surface area contributed by atoms with E-state index in [1.807, 2.05) is 14.0 Å². The van der Waals surface area contributed by atoms with E-state index in [1.54, 1.807) is 23.1 Å². The fraction of sp³-hybridized carbons (Fsp3) is 0.333. The molecule has 1 heterocycles. The number of rotatable bonds is 5. The van der Waals surface area contributed by atoms with E-state index in [0.29, 0.717) is 6.54 Å². The van der Waals surface area contributed by atoms with Crippen molar-refractivity contribution in [3.63, 3.8) is 0 Å². The molecule has 0 aliphatic heterocycles. The molecule has 1 unspecified atom stereocenters. The Balaban J connectivity index is 1.95. The van der Waals surface area contributed by atoms with Crippen molar-refractivity contribution in [3.05, 3.63) is 52.1 Å². The first kappa shape index (κ1) is 13.2. The van der Waals surface area contributed by atoms with Gasteiger partial charge >= 0.3 is 0 Å². The van der Waals surface area contributed by atoms with Crippen molar-refractivity contribution in [2.45, 2.75) is 19.5 Å². The van der Waals surface area contributed by atoms with Crippen molar-refractivity contribution >= 4 is 5.69 Å². The van der Waals surface area contributed by atoms with Gasteiger partial charge in [-0.25, -0.2) is 4.98 Å². The highest BCUT2D eigenvalue weighted by atomic mass is 16.6. The maximum Gasteiger partial charge on any atom is 0.269 e. The molecule has 0 fully saturated rings. The van der Waals surface area contributed by atoms with Crippen LogP contribution in [-0.2, 0) is 13.6 Å². The highest BCUT2D eigenvalue weighted by molar-refractivity contribution is 5.34. The van der Waals surface area contributed by atoms with Crippen molar-refractivity contribution in [2.75, 3.05) is 0 Å². The van der Waals surface area contributed by atoms with Crippen molar-refractivity contribution in [2.24, 2.45) is 7.05 Å². The summed E-state index contributed by atoms with van der Waals surface area (Å²) >= 11 is 0. The van der Waals surface area contributed by atoms with Gasteiger partial charge in [0.05, 0.1) is 11.5 Å². The molecule has 0 aliphatic carbocycles. The van der Waals surface area contributed by atoms with E-state index in [-0.39, 0.29) is 11.7 Å². The van der Waals surface area contributed by atoms with Gasteiger partial charge in [-0.2, -0.15) is 5.10 Å². The second kappa shape index (κ2) is 5.57. The number of nitro benzene ring substituents is 1. The molecule has 7 heteroatoms. The molecule has 1 aromatic heterocycles. The third-order valence-electron chi connectivity index (χ3n) is 2.82. The normalized spacial score (nSPS) is 12.3. The Morgan fingerprint density at radius 2 is 2.11 bits per heavy atom. The topological polar surface area (TPSA) is 85.9 Å². The first-order valence-electron chi connectivity index (χ1n) is 5.88. The Labute approximate surface area is 110 Å². The molecule has 0 bridgehead atoms. The quantitative estimate of drug-likeness (QED) is 0.652. The van der Waals surface area contributed by atoms with Gasteiger partial charge < -0.3 is 5.32 Å². The third kappa shape index (κ3) is 3.35. The standard InChI is InChI=1S/C12H15N5O2/c1-9(13-7-12-14-8-16(2)15-12)10-3-5-11(6-4-10)17(18)19/h3-6,8-9,13H,7H2,1-2H3. The van der Waals surface area contributed by atoms with Crippen LogP contribution in [0.2, 0.25) is 0 Å². The number of aryl methyl sites for hydroxylation is 1. The average Bonchev–Trinajstić information content (AvgIpc) is 2.82. The van der Waals surface area contributed by atoms with Crippen LogP contribution < -0.4 is 5.32 Å². The van der Waals surface area contributed by atoms with Crippen molar-refractivity contribution in [1.29, 1.82) is 0 Å². The highest BCUT2D eigenvalue weighted by Crippen LogP contribution is 2.17. The van der Waals surface area contributed by atoms with Gasteiger partial charge in [0.2, 0.25) is 0 Å². The molecule has 1 atom stereocenters. The number of nitrogens with one attached hydrogen (secondary N) is 1. The summed E-state index contributed by atoms with van der Waals surface area (Å²) in [6.07, 6.45) is 1.65. The summed E-state index contributed by atoms with van der Waals surface area (Å²) in [4.78, 5) is 14.3. The molecule has 100 valence electrons. The molecule has 19 heavy (non-hydrogen) atoms. The Morgan fingerprint density at radius 1 is 1.42 bits per heavy atom. The van der Waals surface area contributed by atoms with Crippen LogP contribution in [0.3, 0.4) is 0 Å². The Kier molecular flexibility index (Phi) is 3.86. The third-order valence-corrected chi connectivity index (χ3v) is 2.82. The van der Waals surface area contributed by atoms with E-state index < -0.39 is 4.92 Å². The van der Waals surface area contributed by atoms with Gasteiger partial charge in [-0.3, -0.25) is 14.8 Å². The lowest BCUT2D eigenvalue weighted by atomic mass is 10.1. The molecule has 0 spiro atoms. The van der Waals surface area contributed by atoms with Crippen LogP contribution in [0.4, 0.5) is 5.69 Å². The molecule has 1 aromatic carbocycles. The molecule has 0 saturated heterocycles. The number of aromatic nitrogens is 3. The molecule has 0 radical (unpaired) electrons. The number of nitro groups is 1. The van der Waals surface area contributed by atoms with Crippen LogP contribution in [0.15, 0.2) is 30.6 Å². The second-order valence-electron chi connectivity index (χ2n) is 4.29. The summed E-state index contributed by atoms with van der Waals surface area (Å²) in [6, 6.07) is 6.59. The summed E-state index contributed by atoms with van der Waals surface area (Å²) in [5.41, 5.74) is 1.09. The summed E-state index contributed by atoms with van der Waals surface area (Å²) in [5.74, 6) is 0.719. The van der Waals surface area contributed by atoms with Gasteiger partial charge in [0.1, 0.15) is 6.33 Å². The number of non-ortho nitro benzene ring substituents is 1. The van der Waals surface area contributed by atoms with Crippen molar-refractivity contribution in [1.82, 2.24) is 20.1 Å². The van der Waals surface area contributed by atoms with E-state index in [9.17, 15) is 10.1 Å². The number of benzene rings is 1. The van der Waals surface area contributed by atoms with Crippen molar-refractivity contribution < 1.29 is 4.92 Å². The molecule has 0 aliphatic rings. The van der Waals surface area contributed by atoms with Gasteiger partial charge in [0.15, 0.2) is 5.82 Å². The highest BCUT2D eigenvalue weighted by Gasteiger charge is 2.09. The zero-order chi connectivity index (χ0) is 13.8. The van der Waals surface area contributed by atoms with Gasteiger partial charge in [-0.05, 0) is 12.5 Å². The Morgan fingerprint density at radius 3 is 2.63 bits per heavy atom. The molecular weight excluding hydrogens is 246 g/mol. The molecule has 0 amide bonds. The maximum absolute atomic E-state index is 10.6. The first-order chi connectivity index (χ1) is 9.06. The van der Waals surface area contributed by atoms with E-state index in [1.165, 1.54) is 12.1 Å². The van der Waals surface area contributed by atoms with Crippen LogP contribution in [0, 0.1) is 10.1 Å². The lowest BCUT2D eigenvalue weighted by Crippen LogP contribution is -2.19. The fourth-order valence-electron chi connectivity index (χ4n) is 1.71. The maximum atomic E-state index is 10.6. The number of nitrogens with zero attached hydrogens (tertiary/aromatic N) is 4. The summed E-state index contributed by atoms with van der Waals surface area (Å²) in [5, 5.41) is 18.0. The largest absolute Gasteiger partial charge is 0.303 e. The van der Waals surface area contributed by atoms with Crippen LogP contribution in [-0.4, -0.2) is 19.7 Å². The zero-order valence-electron chi connectivity index (χ0n) is 10.8. The summed E-state index contributed by atoms with van der Waals surface area (Å²) < 4.78 is 1.65.